The molecular weight excluding hydrogens is 579 g/mol. The summed E-state index contributed by atoms with van der Waals surface area (Å²) in [5.74, 6) is -1.45. The van der Waals surface area contributed by atoms with E-state index in [1.54, 1.807) is 35.1 Å². The fourth-order valence-corrected chi connectivity index (χ4v) is 5.19. The van der Waals surface area contributed by atoms with E-state index in [1.807, 2.05) is 54.6 Å². The molecule has 0 radical (unpaired) electrons. The van der Waals surface area contributed by atoms with E-state index in [-0.39, 0.29) is 12.1 Å². The number of nitrogens with one attached hydrogen (secondary N) is 1. The number of carboxylic acids is 1. The molecule has 1 amide bonds. The molecule has 0 saturated carbocycles. The number of amides is 1. The molecule has 0 aliphatic heterocycles. The SMILES string of the molecule is O=C(O)c1ccc(CNC(=O)c2cc(-c3ccc(C(F)(F)F)cc3)cc3cnn(Cc4ccc(-c5ccccc5)cc4)c23)cc1. The van der Waals surface area contributed by atoms with Crippen LogP contribution in [0.25, 0.3) is 33.2 Å². The highest BCUT2D eigenvalue weighted by atomic mass is 19.4. The number of aromatic carboxylic acids is 1. The number of carbonyl (C=O) groups is 2. The highest BCUT2D eigenvalue weighted by Gasteiger charge is 2.30. The molecule has 0 aliphatic rings. The van der Waals surface area contributed by atoms with Crippen LogP contribution in [0.15, 0.2) is 121 Å². The Bertz CT molecular complexity index is 1980. The zero-order chi connectivity index (χ0) is 31.6. The van der Waals surface area contributed by atoms with Gasteiger partial charge in [-0.15, -0.1) is 0 Å². The summed E-state index contributed by atoms with van der Waals surface area (Å²) < 4.78 is 41.3. The Morgan fingerprint density at radius 1 is 0.733 bits per heavy atom. The Labute approximate surface area is 256 Å². The summed E-state index contributed by atoms with van der Waals surface area (Å²) in [6.07, 6.45) is -2.82. The van der Waals surface area contributed by atoms with Crippen LogP contribution in [-0.4, -0.2) is 26.8 Å². The lowest BCUT2D eigenvalue weighted by atomic mass is 9.98. The largest absolute Gasteiger partial charge is 0.478 e. The maximum absolute atomic E-state index is 13.7. The van der Waals surface area contributed by atoms with Gasteiger partial charge in [-0.1, -0.05) is 78.9 Å². The van der Waals surface area contributed by atoms with E-state index in [9.17, 15) is 22.8 Å². The number of nitrogens with zero attached hydrogens (tertiary/aromatic N) is 2. The van der Waals surface area contributed by atoms with Gasteiger partial charge in [-0.3, -0.25) is 9.48 Å². The van der Waals surface area contributed by atoms with Crippen molar-refractivity contribution in [2.45, 2.75) is 19.3 Å². The van der Waals surface area contributed by atoms with Crippen molar-refractivity contribution in [3.8, 4) is 22.3 Å². The molecule has 6 aromatic rings. The maximum atomic E-state index is 13.7. The molecule has 0 unspecified atom stereocenters. The molecule has 0 atom stereocenters. The number of benzene rings is 5. The number of halogens is 3. The normalized spacial score (nSPS) is 11.4. The minimum Gasteiger partial charge on any atom is -0.478 e. The van der Waals surface area contributed by atoms with Crippen LogP contribution in [0, 0.1) is 0 Å². The second kappa shape index (κ2) is 12.1. The van der Waals surface area contributed by atoms with Crippen LogP contribution in [0.5, 0.6) is 0 Å². The van der Waals surface area contributed by atoms with Crippen molar-refractivity contribution >= 4 is 22.8 Å². The molecule has 224 valence electrons. The van der Waals surface area contributed by atoms with Gasteiger partial charge in [0.15, 0.2) is 0 Å². The van der Waals surface area contributed by atoms with Crippen LogP contribution in [0.4, 0.5) is 13.2 Å². The number of carbonyl (C=O) groups excluding carboxylic acids is 1. The van der Waals surface area contributed by atoms with Gasteiger partial charge in [0.1, 0.15) is 0 Å². The van der Waals surface area contributed by atoms with Crippen molar-refractivity contribution in [2.75, 3.05) is 0 Å². The first-order valence-electron chi connectivity index (χ1n) is 14.1. The molecule has 45 heavy (non-hydrogen) atoms. The Morgan fingerprint density at radius 3 is 1.98 bits per heavy atom. The van der Waals surface area contributed by atoms with E-state index in [0.717, 1.165) is 28.8 Å². The standard InChI is InChI=1S/C36H26F3N3O3/c37-36(38,39)31-16-14-27(15-17-31)29-18-30-21-41-42(22-24-8-10-26(11-9-24)25-4-2-1-3-5-25)33(30)32(19-29)34(43)40-20-23-6-12-28(13-7-23)35(44)45/h1-19,21H,20,22H2,(H,40,43)(H,44,45). The first kappa shape index (κ1) is 29.4. The van der Waals surface area contributed by atoms with Gasteiger partial charge in [-0.05, 0) is 69.8 Å². The quantitative estimate of drug-likeness (QED) is 0.184. The van der Waals surface area contributed by atoms with E-state index < -0.39 is 23.6 Å². The maximum Gasteiger partial charge on any atom is 0.416 e. The van der Waals surface area contributed by atoms with Gasteiger partial charge in [0.25, 0.3) is 5.91 Å². The van der Waals surface area contributed by atoms with Crippen molar-refractivity contribution in [1.29, 1.82) is 0 Å². The van der Waals surface area contributed by atoms with Gasteiger partial charge in [0.05, 0.1) is 34.9 Å². The lowest BCUT2D eigenvalue weighted by Crippen LogP contribution is -2.24. The number of hydrogen-bond acceptors (Lipinski definition) is 3. The third-order valence-corrected chi connectivity index (χ3v) is 7.57. The van der Waals surface area contributed by atoms with E-state index in [0.29, 0.717) is 39.7 Å². The van der Waals surface area contributed by atoms with Crippen molar-refractivity contribution in [3.63, 3.8) is 0 Å². The van der Waals surface area contributed by atoms with Crippen molar-refractivity contribution in [3.05, 3.63) is 149 Å². The van der Waals surface area contributed by atoms with Crippen LogP contribution in [0.2, 0.25) is 0 Å². The fourth-order valence-electron chi connectivity index (χ4n) is 5.19. The molecule has 0 spiro atoms. The number of rotatable bonds is 8. The number of fused-ring (bicyclic) bond motifs is 1. The van der Waals surface area contributed by atoms with Crippen molar-refractivity contribution in [2.24, 2.45) is 0 Å². The van der Waals surface area contributed by atoms with Gasteiger partial charge < -0.3 is 10.4 Å². The number of carboxylic acid groups (broad SMARTS) is 1. The Morgan fingerprint density at radius 2 is 1.33 bits per heavy atom. The average Bonchev–Trinajstić information content (AvgIpc) is 3.46. The minimum absolute atomic E-state index is 0.136. The molecule has 0 bridgehead atoms. The number of aromatic nitrogens is 2. The summed E-state index contributed by atoms with van der Waals surface area (Å²) in [5.41, 5.74) is 5.20. The number of alkyl halides is 3. The zero-order valence-electron chi connectivity index (χ0n) is 23.8. The molecule has 1 aromatic heterocycles. The molecule has 6 rings (SSSR count). The van der Waals surface area contributed by atoms with Gasteiger partial charge in [0.2, 0.25) is 0 Å². The summed E-state index contributed by atoms with van der Waals surface area (Å²) in [7, 11) is 0. The molecule has 0 fully saturated rings. The molecular formula is C36H26F3N3O3. The Hall–Kier alpha value is -5.70. The van der Waals surface area contributed by atoms with Crippen LogP contribution < -0.4 is 5.32 Å². The van der Waals surface area contributed by atoms with E-state index in [4.69, 9.17) is 5.11 Å². The highest BCUT2D eigenvalue weighted by molar-refractivity contribution is 6.07. The molecule has 0 aliphatic carbocycles. The average molecular weight is 606 g/mol. The van der Waals surface area contributed by atoms with Gasteiger partial charge in [-0.25, -0.2) is 4.79 Å². The van der Waals surface area contributed by atoms with E-state index in [1.165, 1.54) is 24.3 Å². The first-order valence-corrected chi connectivity index (χ1v) is 14.1. The second-order valence-corrected chi connectivity index (χ2v) is 10.6. The monoisotopic (exact) mass is 605 g/mol. The van der Waals surface area contributed by atoms with Crippen LogP contribution in [0.1, 0.15) is 37.4 Å². The molecule has 0 saturated heterocycles. The predicted octanol–water partition coefficient (Wildman–Crippen LogP) is 8.07. The lowest BCUT2D eigenvalue weighted by molar-refractivity contribution is -0.137. The van der Waals surface area contributed by atoms with Crippen molar-refractivity contribution < 1.29 is 27.9 Å². The van der Waals surface area contributed by atoms with Crippen LogP contribution >= 0.6 is 0 Å². The second-order valence-electron chi connectivity index (χ2n) is 10.6. The van der Waals surface area contributed by atoms with E-state index in [2.05, 4.69) is 10.4 Å². The minimum atomic E-state index is -4.46. The Balaban J connectivity index is 1.34. The summed E-state index contributed by atoms with van der Waals surface area (Å²) in [5, 5.41) is 17.3. The summed E-state index contributed by atoms with van der Waals surface area (Å²) in [4.78, 5) is 24.9. The Kier molecular flexibility index (Phi) is 7.91. The zero-order valence-corrected chi connectivity index (χ0v) is 23.8. The van der Waals surface area contributed by atoms with Crippen LogP contribution in [-0.2, 0) is 19.3 Å². The lowest BCUT2D eigenvalue weighted by Gasteiger charge is -2.13. The summed E-state index contributed by atoms with van der Waals surface area (Å²) in [6.45, 7) is 0.523. The topological polar surface area (TPSA) is 84.2 Å². The molecule has 5 aromatic carbocycles. The summed E-state index contributed by atoms with van der Waals surface area (Å²) >= 11 is 0. The van der Waals surface area contributed by atoms with Gasteiger partial charge >= 0.3 is 12.1 Å². The number of hydrogen-bond donors (Lipinski definition) is 2. The van der Waals surface area contributed by atoms with Gasteiger partial charge in [0, 0.05) is 11.9 Å². The van der Waals surface area contributed by atoms with Crippen molar-refractivity contribution in [1.82, 2.24) is 15.1 Å². The van der Waals surface area contributed by atoms with Crippen LogP contribution in [0.3, 0.4) is 0 Å². The van der Waals surface area contributed by atoms with Gasteiger partial charge in [-0.2, -0.15) is 18.3 Å². The molecule has 1 heterocycles. The third kappa shape index (κ3) is 6.47. The molecule has 9 heteroatoms. The highest BCUT2D eigenvalue weighted by Crippen LogP contribution is 2.33. The third-order valence-electron chi connectivity index (χ3n) is 7.57. The fraction of sp³-hybridized carbons (Fsp3) is 0.0833. The smallest absolute Gasteiger partial charge is 0.416 e. The predicted molar refractivity (Wildman–Crippen MR) is 166 cm³/mol. The molecule has 6 nitrogen and oxygen atoms in total. The van der Waals surface area contributed by atoms with E-state index >= 15 is 0 Å². The first-order chi connectivity index (χ1) is 21.7. The summed E-state index contributed by atoms with van der Waals surface area (Å²) in [6, 6.07) is 32.5. The molecule has 2 N–H and O–H groups in total.